The van der Waals surface area contributed by atoms with E-state index in [1.807, 2.05) is 0 Å². The number of alkyl halides is 3. The van der Waals surface area contributed by atoms with Crippen LogP contribution >= 0.6 is 23.2 Å². The molecule has 2 amide bonds. The number of carbonyl (C=O) groups excluding carboxylic acids is 2. The second kappa shape index (κ2) is 12.1. The molecular formula is C25H21Cl2F3N4O4S. The largest absolute Gasteiger partial charge is 0.416 e. The average Bonchev–Trinajstić information content (AvgIpc) is 2.85. The Morgan fingerprint density at radius 2 is 1.64 bits per heavy atom. The van der Waals surface area contributed by atoms with Crippen molar-refractivity contribution >= 4 is 62.1 Å². The molecule has 0 spiro atoms. The van der Waals surface area contributed by atoms with Crippen LogP contribution in [-0.2, 0) is 21.0 Å². The summed E-state index contributed by atoms with van der Waals surface area (Å²) >= 11 is 11.9. The Balaban J connectivity index is 1.75. The van der Waals surface area contributed by atoms with Gasteiger partial charge in [0.15, 0.2) is 0 Å². The molecule has 3 aromatic carbocycles. The van der Waals surface area contributed by atoms with Gasteiger partial charge in [0, 0.05) is 16.3 Å². The molecule has 0 saturated carbocycles. The van der Waals surface area contributed by atoms with E-state index in [-0.39, 0.29) is 5.02 Å². The number of hydrogen-bond acceptors (Lipinski definition) is 5. The van der Waals surface area contributed by atoms with Gasteiger partial charge in [-0.25, -0.2) is 13.8 Å². The van der Waals surface area contributed by atoms with Gasteiger partial charge in [0.2, 0.25) is 10.0 Å². The molecule has 0 fully saturated rings. The van der Waals surface area contributed by atoms with Crippen LogP contribution < -0.4 is 15.0 Å². The highest BCUT2D eigenvalue weighted by Crippen LogP contribution is 2.36. The number of anilines is 2. The highest BCUT2D eigenvalue weighted by atomic mass is 35.5. The minimum absolute atomic E-state index is 0.294. The van der Waals surface area contributed by atoms with E-state index in [0.717, 1.165) is 12.3 Å². The number of amides is 2. The molecule has 0 bridgehead atoms. The van der Waals surface area contributed by atoms with Crippen molar-refractivity contribution in [1.82, 2.24) is 5.43 Å². The first-order valence-corrected chi connectivity index (χ1v) is 13.6. The summed E-state index contributed by atoms with van der Waals surface area (Å²) in [7, 11) is -4.21. The van der Waals surface area contributed by atoms with Crippen molar-refractivity contribution in [3.63, 3.8) is 0 Å². The summed E-state index contributed by atoms with van der Waals surface area (Å²) in [5, 5.41) is 6.77. The van der Waals surface area contributed by atoms with E-state index in [1.165, 1.54) is 6.07 Å². The molecule has 0 radical (unpaired) electrons. The molecule has 0 unspecified atom stereocenters. The molecule has 39 heavy (non-hydrogen) atoms. The van der Waals surface area contributed by atoms with Gasteiger partial charge in [-0.15, -0.1) is 0 Å². The maximum atomic E-state index is 13.2. The maximum absolute atomic E-state index is 13.2. The first-order valence-electron chi connectivity index (χ1n) is 11.0. The molecule has 0 aliphatic carbocycles. The minimum Gasteiger partial charge on any atom is -0.322 e. The highest BCUT2D eigenvalue weighted by molar-refractivity contribution is 7.92. The van der Waals surface area contributed by atoms with Gasteiger partial charge in [-0.2, -0.15) is 18.3 Å². The third kappa shape index (κ3) is 8.19. The molecule has 0 atom stereocenters. The summed E-state index contributed by atoms with van der Waals surface area (Å²) in [6.45, 7) is 0.669. The quantitative estimate of drug-likeness (QED) is 0.260. The van der Waals surface area contributed by atoms with E-state index in [0.29, 0.717) is 44.0 Å². The second-order valence-electron chi connectivity index (χ2n) is 8.21. The fraction of sp³-hybridized carbons (Fsp3) is 0.160. The van der Waals surface area contributed by atoms with Crippen LogP contribution in [0.5, 0.6) is 0 Å². The normalized spacial score (nSPS) is 12.1. The molecule has 2 N–H and O–H groups in total. The van der Waals surface area contributed by atoms with Gasteiger partial charge in [0.1, 0.15) is 6.54 Å². The van der Waals surface area contributed by atoms with E-state index in [1.54, 1.807) is 49.4 Å². The summed E-state index contributed by atoms with van der Waals surface area (Å²) in [5.74, 6) is -1.33. The summed E-state index contributed by atoms with van der Waals surface area (Å²) in [5.41, 5.74) is 2.14. The predicted molar refractivity (Wildman–Crippen MR) is 145 cm³/mol. The van der Waals surface area contributed by atoms with Crippen molar-refractivity contribution in [2.75, 3.05) is 22.4 Å². The Labute approximate surface area is 232 Å². The van der Waals surface area contributed by atoms with Gasteiger partial charge in [0.05, 0.1) is 28.2 Å². The van der Waals surface area contributed by atoms with E-state index < -0.39 is 45.8 Å². The van der Waals surface area contributed by atoms with Crippen molar-refractivity contribution in [1.29, 1.82) is 0 Å². The van der Waals surface area contributed by atoms with Crippen LogP contribution in [-0.4, -0.2) is 38.7 Å². The summed E-state index contributed by atoms with van der Waals surface area (Å²) in [6.07, 6.45) is -4.02. The molecule has 14 heteroatoms. The Bertz CT molecular complexity index is 1550. The third-order valence-electron chi connectivity index (χ3n) is 5.20. The Hall–Kier alpha value is -3.61. The van der Waals surface area contributed by atoms with Crippen molar-refractivity contribution < 1.29 is 31.2 Å². The molecule has 0 aliphatic heterocycles. The summed E-state index contributed by atoms with van der Waals surface area (Å²) in [4.78, 5) is 25.0. The van der Waals surface area contributed by atoms with Crippen LogP contribution in [0.15, 0.2) is 71.8 Å². The third-order valence-corrected chi connectivity index (χ3v) is 6.88. The summed E-state index contributed by atoms with van der Waals surface area (Å²) in [6, 6.07) is 15.1. The Morgan fingerprint density at radius 3 is 2.28 bits per heavy atom. The van der Waals surface area contributed by atoms with Crippen molar-refractivity contribution in [3.8, 4) is 0 Å². The molecular weight excluding hydrogens is 580 g/mol. The van der Waals surface area contributed by atoms with E-state index >= 15 is 0 Å². The number of sulfonamides is 1. The van der Waals surface area contributed by atoms with Crippen LogP contribution in [0, 0.1) is 0 Å². The number of benzene rings is 3. The van der Waals surface area contributed by atoms with Gasteiger partial charge in [-0.3, -0.25) is 13.9 Å². The molecule has 0 saturated heterocycles. The molecule has 0 heterocycles. The fourth-order valence-corrected chi connectivity index (χ4v) is 4.61. The monoisotopic (exact) mass is 600 g/mol. The number of nitrogens with one attached hydrogen (secondary N) is 2. The van der Waals surface area contributed by atoms with Crippen LogP contribution in [0.3, 0.4) is 0 Å². The number of nitrogens with zero attached hydrogens (tertiary/aromatic N) is 2. The average molecular weight is 601 g/mol. The highest BCUT2D eigenvalue weighted by Gasteiger charge is 2.33. The first kappa shape index (κ1) is 29.9. The lowest BCUT2D eigenvalue weighted by Crippen LogP contribution is -2.39. The number of hydrazone groups is 1. The van der Waals surface area contributed by atoms with E-state index in [4.69, 9.17) is 23.2 Å². The first-order chi connectivity index (χ1) is 18.1. The van der Waals surface area contributed by atoms with Crippen LogP contribution in [0.25, 0.3) is 0 Å². The van der Waals surface area contributed by atoms with Gasteiger partial charge in [-0.1, -0.05) is 41.4 Å². The van der Waals surface area contributed by atoms with Gasteiger partial charge >= 0.3 is 6.18 Å². The molecule has 3 rings (SSSR count). The number of rotatable bonds is 8. The number of hydrogen-bond donors (Lipinski definition) is 2. The van der Waals surface area contributed by atoms with E-state index in [2.05, 4.69) is 15.8 Å². The molecule has 206 valence electrons. The van der Waals surface area contributed by atoms with Gasteiger partial charge < -0.3 is 5.32 Å². The Kier molecular flexibility index (Phi) is 9.26. The SMILES string of the molecule is C/C(=N/NC(=O)CN(c1cc(C(F)(F)F)ccc1Cl)S(C)(=O)=O)c1cccc(NC(=O)c2cccc(Cl)c2)c1. The molecule has 3 aromatic rings. The minimum atomic E-state index is -4.76. The van der Waals surface area contributed by atoms with Crippen LogP contribution in [0.1, 0.15) is 28.4 Å². The van der Waals surface area contributed by atoms with Crippen LogP contribution in [0.4, 0.5) is 24.5 Å². The predicted octanol–water partition coefficient (Wildman–Crippen LogP) is 5.57. The van der Waals surface area contributed by atoms with Gasteiger partial charge in [0.25, 0.3) is 11.8 Å². The zero-order valence-corrected chi connectivity index (χ0v) is 22.7. The maximum Gasteiger partial charge on any atom is 0.416 e. The van der Waals surface area contributed by atoms with Crippen molar-refractivity contribution in [2.45, 2.75) is 13.1 Å². The standard InChI is InChI=1S/C25H21Cl2F3N4O4S/c1-15(16-5-4-8-20(12-16)31-24(36)17-6-3-7-19(26)11-17)32-33-23(35)14-34(39(2,37)38)22-13-18(25(28,29)30)9-10-21(22)27/h3-13H,14H2,1-2H3,(H,31,36)(H,33,35)/b32-15-. The van der Waals surface area contributed by atoms with Crippen molar-refractivity contribution in [3.05, 3.63) is 93.5 Å². The lowest BCUT2D eigenvalue weighted by Gasteiger charge is -2.23. The number of halogens is 5. The van der Waals surface area contributed by atoms with E-state index in [9.17, 15) is 31.2 Å². The second-order valence-corrected chi connectivity index (χ2v) is 11.0. The van der Waals surface area contributed by atoms with Crippen LogP contribution in [0.2, 0.25) is 10.0 Å². The summed E-state index contributed by atoms with van der Waals surface area (Å²) < 4.78 is 64.6. The van der Waals surface area contributed by atoms with Gasteiger partial charge in [-0.05, 0) is 61.0 Å². The fourth-order valence-electron chi connectivity index (χ4n) is 3.29. The zero-order valence-electron chi connectivity index (χ0n) is 20.4. The Morgan fingerprint density at radius 1 is 0.974 bits per heavy atom. The molecule has 0 aromatic heterocycles. The lowest BCUT2D eigenvalue weighted by atomic mass is 10.1. The topological polar surface area (TPSA) is 108 Å². The number of carbonyl (C=O) groups is 2. The molecule has 0 aliphatic rings. The lowest BCUT2D eigenvalue weighted by molar-refractivity contribution is -0.137. The van der Waals surface area contributed by atoms with Crippen molar-refractivity contribution in [2.24, 2.45) is 5.10 Å². The smallest absolute Gasteiger partial charge is 0.322 e. The zero-order chi connectivity index (χ0) is 29.0. The molecule has 8 nitrogen and oxygen atoms in total.